The highest BCUT2D eigenvalue weighted by atomic mass is 32.2. The third-order valence-electron chi connectivity index (χ3n) is 3.39. The van der Waals surface area contributed by atoms with Crippen molar-refractivity contribution < 1.29 is 35.3 Å². The van der Waals surface area contributed by atoms with Crippen LogP contribution in [0.2, 0.25) is 0 Å². The van der Waals surface area contributed by atoms with E-state index in [9.17, 15) is 31.1 Å². The molecule has 2 unspecified atom stereocenters. The molecule has 2 aliphatic carbocycles. The van der Waals surface area contributed by atoms with Crippen molar-refractivity contribution in [2.45, 2.75) is 18.9 Å². The van der Waals surface area contributed by atoms with E-state index in [-0.39, 0.29) is 12.0 Å². The normalized spacial score (nSPS) is 25.5. The summed E-state index contributed by atoms with van der Waals surface area (Å²) in [5.74, 6) is -3.62. The molecular formula is C13H12F4O4S. The van der Waals surface area contributed by atoms with Crippen LogP contribution in [0.1, 0.15) is 13.3 Å². The predicted molar refractivity (Wildman–Crippen MR) is 69.4 cm³/mol. The Labute approximate surface area is 124 Å². The fourth-order valence-electron chi connectivity index (χ4n) is 2.42. The van der Waals surface area contributed by atoms with E-state index in [0.29, 0.717) is 0 Å². The highest BCUT2D eigenvalue weighted by Crippen LogP contribution is 2.44. The van der Waals surface area contributed by atoms with Gasteiger partial charge in [0, 0.05) is 12.0 Å². The average molecular weight is 340 g/mol. The van der Waals surface area contributed by atoms with E-state index in [4.69, 9.17) is 0 Å². The van der Waals surface area contributed by atoms with Crippen LogP contribution in [0, 0.1) is 11.8 Å². The fourth-order valence-corrected chi connectivity index (χ4v) is 2.92. The van der Waals surface area contributed by atoms with Crippen LogP contribution in [0.5, 0.6) is 0 Å². The van der Waals surface area contributed by atoms with Gasteiger partial charge < -0.3 is 9.29 Å². The number of halogens is 4. The Bertz CT molecular complexity index is 698. The average Bonchev–Trinajstić information content (AvgIpc) is 2.37. The molecule has 0 aromatic carbocycles. The molecule has 4 nitrogen and oxygen atoms in total. The number of rotatable bonds is 3. The molecule has 0 bridgehead atoms. The molecule has 1 N–H and O–H groups in total. The van der Waals surface area contributed by atoms with Crippen molar-refractivity contribution in [3.8, 4) is 0 Å². The molecule has 0 spiro atoms. The largest absolute Gasteiger partial charge is 0.534 e. The summed E-state index contributed by atoms with van der Waals surface area (Å²) in [6.07, 6.45) is 4.59. The zero-order valence-electron chi connectivity index (χ0n) is 11.3. The first-order valence-electron chi connectivity index (χ1n) is 6.27. The summed E-state index contributed by atoms with van der Waals surface area (Å²) < 4.78 is 77.6. The summed E-state index contributed by atoms with van der Waals surface area (Å²) in [4.78, 5) is 0. The molecular weight excluding hydrogens is 328 g/mol. The lowest BCUT2D eigenvalue weighted by molar-refractivity contribution is -0.0528. The number of fused-ring (bicyclic) bond motifs is 1. The topological polar surface area (TPSA) is 63.6 Å². The zero-order valence-corrected chi connectivity index (χ0v) is 12.1. The molecule has 0 saturated heterocycles. The van der Waals surface area contributed by atoms with Crippen LogP contribution in [0.25, 0.3) is 0 Å². The van der Waals surface area contributed by atoms with E-state index in [2.05, 4.69) is 4.18 Å². The standard InChI is InChI=1S/C13H12F4O4S/c1-2-9-10(14)4-3-7-5-8(18)6-11(12(7)9)21-22(19,20)13(15,16)17/h3-6,9,12,18H,2H2,1H3. The first-order chi connectivity index (χ1) is 10.1. The fraction of sp³-hybridized carbons (Fsp3) is 0.385. The molecule has 0 saturated carbocycles. The van der Waals surface area contributed by atoms with Gasteiger partial charge in [0.2, 0.25) is 0 Å². The third-order valence-corrected chi connectivity index (χ3v) is 4.37. The van der Waals surface area contributed by atoms with Crippen LogP contribution in [-0.2, 0) is 14.3 Å². The minimum atomic E-state index is -5.90. The van der Waals surface area contributed by atoms with Gasteiger partial charge in [0.1, 0.15) is 17.3 Å². The molecule has 122 valence electrons. The molecule has 0 radical (unpaired) electrons. The van der Waals surface area contributed by atoms with Gasteiger partial charge in [0.15, 0.2) is 0 Å². The summed E-state index contributed by atoms with van der Waals surface area (Å²) in [5, 5.41) is 9.52. The Hall–Kier alpha value is -1.77. The number of aliphatic hydroxyl groups is 1. The lowest BCUT2D eigenvalue weighted by Gasteiger charge is -2.32. The van der Waals surface area contributed by atoms with E-state index in [1.54, 1.807) is 6.92 Å². The number of hydrogen-bond acceptors (Lipinski definition) is 4. The van der Waals surface area contributed by atoms with E-state index in [1.165, 1.54) is 12.2 Å². The van der Waals surface area contributed by atoms with Crippen molar-refractivity contribution in [3.05, 3.63) is 47.2 Å². The van der Waals surface area contributed by atoms with Crippen molar-refractivity contribution in [1.82, 2.24) is 0 Å². The monoisotopic (exact) mass is 340 g/mol. The molecule has 0 fully saturated rings. The number of aliphatic hydroxyl groups excluding tert-OH is 1. The van der Waals surface area contributed by atoms with Gasteiger partial charge in [-0.15, -0.1) is 0 Å². The van der Waals surface area contributed by atoms with E-state index in [0.717, 1.165) is 12.2 Å². The summed E-state index contributed by atoms with van der Waals surface area (Å²) in [6, 6.07) is 0. The molecule has 22 heavy (non-hydrogen) atoms. The van der Waals surface area contributed by atoms with Crippen LogP contribution >= 0.6 is 0 Å². The van der Waals surface area contributed by atoms with Crippen LogP contribution in [-0.4, -0.2) is 19.0 Å². The number of alkyl halides is 3. The quantitative estimate of drug-likeness (QED) is 0.484. The molecule has 9 heteroatoms. The second-order valence-electron chi connectivity index (χ2n) is 4.81. The molecule has 0 amide bonds. The van der Waals surface area contributed by atoms with Gasteiger partial charge in [0.25, 0.3) is 0 Å². The van der Waals surface area contributed by atoms with E-state index < -0.39 is 44.8 Å². The van der Waals surface area contributed by atoms with Crippen LogP contribution in [0.15, 0.2) is 47.2 Å². The van der Waals surface area contributed by atoms with Crippen LogP contribution in [0.3, 0.4) is 0 Å². The smallest absolute Gasteiger partial charge is 0.508 e. The van der Waals surface area contributed by atoms with Crippen molar-refractivity contribution in [2.75, 3.05) is 0 Å². The van der Waals surface area contributed by atoms with Gasteiger partial charge >= 0.3 is 15.6 Å². The van der Waals surface area contributed by atoms with Crippen molar-refractivity contribution in [1.29, 1.82) is 0 Å². The van der Waals surface area contributed by atoms with Gasteiger partial charge in [0.05, 0.1) is 5.92 Å². The Morgan fingerprint density at radius 1 is 1.27 bits per heavy atom. The first-order valence-corrected chi connectivity index (χ1v) is 7.68. The Kier molecular flexibility index (Phi) is 4.12. The predicted octanol–water partition coefficient (Wildman–Crippen LogP) is 3.63. The third kappa shape index (κ3) is 2.90. The Balaban J connectivity index is 2.45. The highest BCUT2D eigenvalue weighted by Gasteiger charge is 2.50. The first kappa shape index (κ1) is 16.6. The van der Waals surface area contributed by atoms with E-state index >= 15 is 0 Å². The molecule has 0 aromatic heterocycles. The summed E-state index contributed by atoms with van der Waals surface area (Å²) in [7, 11) is -5.90. The van der Waals surface area contributed by atoms with Gasteiger partial charge in [-0.1, -0.05) is 13.0 Å². The molecule has 2 rings (SSSR count). The molecule has 2 aliphatic rings. The maximum Gasteiger partial charge on any atom is 0.534 e. The van der Waals surface area contributed by atoms with Gasteiger partial charge in [-0.2, -0.15) is 21.6 Å². The zero-order chi connectivity index (χ0) is 16.7. The Morgan fingerprint density at radius 2 is 1.91 bits per heavy atom. The lowest BCUT2D eigenvalue weighted by atomic mass is 9.76. The van der Waals surface area contributed by atoms with Gasteiger partial charge in [-0.3, -0.25) is 0 Å². The SMILES string of the molecule is CCC1C(F)=CC=C2C=C(O)C=C(OS(=O)(=O)C(F)(F)F)C21. The summed E-state index contributed by atoms with van der Waals surface area (Å²) in [6.45, 7) is 1.61. The van der Waals surface area contributed by atoms with E-state index in [1.807, 2.05) is 0 Å². The van der Waals surface area contributed by atoms with Crippen molar-refractivity contribution in [3.63, 3.8) is 0 Å². The molecule has 0 aromatic rings. The maximum atomic E-state index is 13.8. The van der Waals surface area contributed by atoms with Gasteiger partial charge in [-0.25, -0.2) is 4.39 Å². The molecule has 0 heterocycles. The van der Waals surface area contributed by atoms with Gasteiger partial charge in [-0.05, 0) is 24.1 Å². The van der Waals surface area contributed by atoms with Crippen molar-refractivity contribution in [2.24, 2.45) is 11.8 Å². The molecule has 0 aliphatic heterocycles. The highest BCUT2D eigenvalue weighted by molar-refractivity contribution is 7.87. The second-order valence-corrected chi connectivity index (χ2v) is 6.35. The maximum absolute atomic E-state index is 13.8. The van der Waals surface area contributed by atoms with Crippen LogP contribution in [0.4, 0.5) is 17.6 Å². The number of allylic oxidation sites excluding steroid dienone is 6. The van der Waals surface area contributed by atoms with Crippen molar-refractivity contribution >= 4 is 10.1 Å². The Morgan fingerprint density at radius 3 is 2.45 bits per heavy atom. The lowest BCUT2D eigenvalue weighted by Crippen LogP contribution is -2.31. The summed E-state index contributed by atoms with van der Waals surface area (Å²) in [5.41, 5.74) is -5.33. The minimum Gasteiger partial charge on any atom is -0.508 e. The summed E-state index contributed by atoms with van der Waals surface area (Å²) >= 11 is 0. The van der Waals surface area contributed by atoms with Crippen LogP contribution < -0.4 is 0 Å². The minimum absolute atomic E-state index is 0.214. The number of hydrogen-bond donors (Lipinski definition) is 1. The molecule has 2 atom stereocenters. The second kappa shape index (κ2) is 5.45.